The van der Waals surface area contributed by atoms with Crippen molar-refractivity contribution in [2.45, 2.75) is 26.7 Å². The van der Waals surface area contributed by atoms with E-state index >= 15 is 0 Å². The fraction of sp³-hybridized carbons (Fsp3) is 0.500. The Morgan fingerprint density at radius 1 is 1.62 bits per heavy atom. The Morgan fingerprint density at radius 3 is 2.62 bits per heavy atom. The number of halogens is 1. The molecule has 70 valence electrons. The highest BCUT2D eigenvalue weighted by Gasteiger charge is 2.45. The van der Waals surface area contributed by atoms with Crippen LogP contribution in [0.1, 0.15) is 34.3 Å². The van der Waals surface area contributed by atoms with Crippen LogP contribution in [0.25, 0.3) is 0 Å². The van der Waals surface area contributed by atoms with Gasteiger partial charge in [-0.15, -0.1) is 11.3 Å². The van der Waals surface area contributed by atoms with E-state index in [9.17, 15) is 4.79 Å². The molecule has 1 aromatic rings. The van der Waals surface area contributed by atoms with Crippen molar-refractivity contribution in [3.8, 4) is 0 Å². The Balaban J connectivity index is 2.30. The predicted octanol–water partition coefficient (Wildman–Crippen LogP) is 3.80. The first-order chi connectivity index (χ1) is 6.03. The van der Waals surface area contributed by atoms with Gasteiger partial charge in [-0.25, -0.2) is 0 Å². The molecule has 2 rings (SSSR count). The smallest absolute Gasteiger partial charge is 0.178 e. The molecule has 0 saturated heterocycles. The molecule has 0 aromatic carbocycles. The Labute approximate surface area is 90.3 Å². The maximum absolute atomic E-state index is 11.9. The van der Waals surface area contributed by atoms with Crippen LogP contribution >= 0.6 is 27.3 Å². The zero-order valence-electron chi connectivity index (χ0n) is 7.69. The molecular formula is C10H11BrOS. The van der Waals surface area contributed by atoms with Gasteiger partial charge in [-0.3, -0.25) is 4.79 Å². The first kappa shape index (κ1) is 9.41. The van der Waals surface area contributed by atoms with Crippen LogP contribution in [0.4, 0.5) is 0 Å². The van der Waals surface area contributed by atoms with Gasteiger partial charge in [-0.1, -0.05) is 6.92 Å². The Morgan fingerprint density at radius 2 is 2.23 bits per heavy atom. The van der Waals surface area contributed by atoms with Crippen molar-refractivity contribution in [1.29, 1.82) is 0 Å². The van der Waals surface area contributed by atoms with Crippen LogP contribution in [0, 0.1) is 12.3 Å². The number of aryl methyl sites for hydroxylation is 1. The second-order valence-electron chi connectivity index (χ2n) is 3.90. The van der Waals surface area contributed by atoms with E-state index in [4.69, 9.17) is 0 Å². The summed E-state index contributed by atoms with van der Waals surface area (Å²) in [5, 5.41) is 0. The number of carbonyl (C=O) groups excluding carboxylic acids is 1. The van der Waals surface area contributed by atoms with E-state index in [2.05, 4.69) is 22.9 Å². The van der Waals surface area contributed by atoms with E-state index in [1.807, 2.05) is 13.0 Å². The number of rotatable bonds is 2. The molecule has 0 aliphatic heterocycles. The monoisotopic (exact) mass is 258 g/mol. The molecule has 1 aliphatic carbocycles. The van der Waals surface area contributed by atoms with Gasteiger partial charge in [0.2, 0.25) is 0 Å². The lowest BCUT2D eigenvalue weighted by molar-refractivity contribution is 0.0917. The quantitative estimate of drug-likeness (QED) is 0.738. The van der Waals surface area contributed by atoms with Crippen molar-refractivity contribution in [2.75, 3.05) is 0 Å². The highest BCUT2D eigenvalue weighted by Crippen LogP contribution is 2.48. The van der Waals surface area contributed by atoms with Crippen LogP contribution in [0.3, 0.4) is 0 Å². The molecule has 0 unspecified atom stereocenters. The Hall–Kier alpha value is -0.150. The van der Waals surface area contributed by atoms with Gasteiger partial charge >= 0.3 is 0 Å². The van der Waals surface area contributed by atoms with Crippen LogP contribution in [-0.4, -0.2) is 5.78 Å². The summed E-state index contributed by atoms with van der Waals surface area (Å²) in [6, 6.07) is 1.95. The van der Waals surface area contributed by atoms with Crippen molar-refractivity contribution in [1.82, 2.24) is 0 Å². The summed E-state index contributed by atoms with van der Waals surface area (Å²) in [6.07, 6.45) is 2.11. The van der Waals surface area contributed by atoms with Crippen LogP contribution in [-0.2, 0) is 0 Å². The molecule has 0 atom stereocenters. The lowest BCUT2D eigenvalue weighted by Gasteiger charge is -2.02. The third-order valence-electron chi connectivity index (χ3n) is 2.63. The fourth-order valence-electron chi connectivity index (χ4n) is 1.28. The van der Waals surface area contributed by atoms with E-state index in [1.165, 1.54) is 4.88 Å². The van der Waals surface area contributed by atoms with Crippen LogP contribution in [0.15, 0.2) is 10.5 Å². The summed E-state index contributed by atoms with van der Waals surface area (Å²) in [6.45, 7) is 4.08. The average Bonchev–Trinajstić information content (AvgIpc) is 2.74. The molecule has 1 saturated carbocycles. The maximum Gasteiger partial charge on any atom is 0.178 e. The second-order valence-corrected chi connectivity index (χ2v) is 6.02. The van der Waals surface area contributed by atoms with Gasteiger partial charge in [0.15, 0.2) is 5.78 Å². The highest BCUT2D eigenvalue weighted by atomic mass is 79.9. The molecule has 1 aliphatic rings. The minimum Gasteiger partial charge on any atom is -0.293 e. The maximum atomic E-state index is 11.9. The van der Waals surface area contributed by atoms with E-state index in [1.54, 1.807) is 11.3 Å². The molecule has 0 radical (unpaired) electrons. The second kappa shape index (κ2) is 2.92. The van der Waals surface area contributed by atoms with Crippen molar-refractivity contribution in [3.63, 3.8) is 0 Å². The highest BCUT2D eigenvalue weighted by molar-refractivity contribution is 9.10. The molecule has 1 heterocycles. The number of hydrogen-bond acceptors (Lipinski definition) is 2. The predicted molar refractivity (Wildman–Crippen MR) is 58.4 cm³/mol. The summed E-state index contributed by atoms with van der Waals surface area (Å²) in [4.78, 5) is 14.0. The fourth-order valence-corrected chi connectivity index (χ4v) is 2.91. The van der Waals surface area contributed by atoms with Crippen LogP contribution in [0.2, 0.25) is 0 Å². The van der Waals surface area contributed by atoms with Gasteiger partial charge in [0, 0.05) is 14.8 Å². The third-order valence-corrected chi connectivity index (χ3v) is 4.76. The Bertz CT molecular complexity index is 344. The summed E-state index contributed by atoms with van der Waals surface area (Å²) in [7, 11) is 0. The standard InChI is InChI=1S/C10H11BrOS/c1-6-7(11)5-8(13-6)9(12)10(2)3-4-10/h5H,3-4H2,1-2H3. The van der Waals surface area contributed by atoms with Crippen molar-refractivity contribution < 1.29 is 4.79 Å². The SMILES string of the molecule is Cc1sc(C(=O)C2(C)CC2)cc1Br. The van der Waals surface area contributed by atoms with Crippen molar-refractivity contribution >= 4 is 33.0 Å². The largest absolute Gasteiger partial charge is 0.293 e. The molecule has 0 N–H and O–H groups in total. The molecule has 1 fully saturated rings. The first-order valence-electron chi connectivity index (χ1n) is 4.34. The number of Topliss-reactive ketones (excluding diaryl/α,β-unsaturated/α-hetero) is 1. The van der Waals surface area contributed by atoms with Gasteiger partial charge in [0.25, 0.3) is 0 Å². The van der Waals surface area contributed by atoms with E-state index in [0.29, 0.717) is 5.78 Å². The molecule has 0 amide bonds. The van der Waals surface area contributed by atoms with Gasteiger partial charge < -0.3 is 0 Å². The zero-order valence-corrected chi connectivity index (χ0v) is 10.1. The number of carbonyl (C=O) groups is 1. The summed E-state index contributed by atoms with van der Waals surface area (Å²) < 4.78 is 1.06. The average molecular weight is 259 g/mol. The minimum absolute atomic E-state index is 0.0310. The summed E-state index contributed by atoms with van der Waals surface area (Å²) >= 11 is 5.02. The van der Waals surface area contributed by atoms with Crippen molar-refractivity contribution in [2.24, 2.45) is 5.41 Å². The molecule has 0 spiro atoms. The van der Waals surface area contributed by atoms with Gasteiger partial charge in [-0.05, 0) is 41.8 Å². The van der Waals surface area contributed by atoms with Gasteiger partial charge in [-0.2, -0.15) is 0 Å². The van der Waals surface area contributed by atoms with Gasteiger partial charge in [0.1, 0.15) is 0 Å². The lowest BCUT2D eigenvalue weighted by Crippen LogP contribution is -2.09. The zero-order chi connectivity index (χ0) is 9.64. The van der Waals surface area contributed by atoms with Crippen LogP contribution < -0.4 is 0 Å². The normalized spacial score (nSPS) is 18.7. The van der Waals surface area contributed by atoms with Crippen LogP contribution in [0.5, 0.6) is 0 Å². The molecule has 1 nitrogen and oxygen atoms in total. The molecule has 0 bridgehead atoms. The summed E-state index contributed by atoms with van der Waals surface area (Å²) in [5.41, 5.74) is -0.0310. The molecule has 13 heavy (non-hydrogen) atoms. The molecule has 3 heteroatoms. The van der Waals surface area contributed by atoms with E-state index < -0.39 is 0 Å². The number of ketones is 1. The topological polar surface area (TPSA) is 17.1 Å². The first-order valence-corrected chi connectivity index (χ1v) is 5.95. The lowest BCUT2D eigenvalue weighted by atomic mass is 10.0. The molecule has 1 aromatic heterocycles. The van der Waals surface area contributed by atoms with E-state index in [0.717, 1.165) is 22.2 Å². The van der Waals surface area contributed by atoms with E-state index in [-0.39, 0.29) is 5.41 Å². The minimum atomic E-state index is -0.0310. The van der Waals surface area contributed by atoms with Gasteiger partial charge in [0.05, 0.1) is 4.88 Å². The third kappa shape index (κ3) is 1.59. The Kier molecular flexibility index (Phi) is 2.11. The number of thiophene rings is 1. The number of hydrogen-bond donors (Lipinski definition) is 0. The summed E-state index contributed by atoms with van der Waals surface area (Å²) in [5.74, 6) is 0.325. The molecular weight excluding hydrogens is 248 g/mol. The van der Waals surface area contributed by atoms with Crippen molar-refractivity contribution in [3.05, 3.63) is 20.3 Å².